The Morgan fingerprint density at radius 2 is 1.63 bits per heavy atom. The van der Waals surface area contributed by atoms with Gasteiger partial charge in [0, 0.05) is 35.3 Å². The summed E-state index contributed by atoms with van der Waals surface area (Å²) in [6, 6.07) is 10.5. The zero-order valence-corrected chi connectivity index (χ0v) is 19.8. The molecule has 1 aromatic carbocycles. The van der Waals surface area contributed by atoms with Crippen molar-refractivity contribution in [2.75, 3.05) is 18.1 Å². The number of carbonyl (C=O) groups is 1. The van der Waals surface area contributed by atoms with Gasteiger partial charge in [0.25, 0.3) is 5.91 Å². The average molecular weight is 455 g/mol. The summed E-state index contributed by atoms with van der Waals surface area (Å²) >= 11 is 0. The van der Waals surface area contributed by atoms with Crippen LogP contribution >= 0.6 is 24.8 Å². The third-order valence-electron chi connectivity index (χ3n) is 5.71. The summed E-state index contributed by atoms with van der Waals surface area (Å²) in [7, 11) is 2.17. The number of rotatable bonds is 4. The van der Waals surface area contributed by atoms with Crippen molar-refractivity contribution in [3.63, 3.8) is 0 Å². The van der Waals surface area contributed by atoms with Gasteiger partial charge in [-0.15, -0.1) is 24.8 Å². The Bertz CT molecular complexity index is 821. The minimum atomic E-state index is -0.266. The maximum atomic E-state index is 12.4. The molecule has 8 heteroatoms. The Hall–Kier alpha value is -2.02. The Balaban J connectivity index is 0.00000225. The van der Waals surface area contributed by atoms with Crippen molar-refractivity contribution < 1.29 is 9.53 Å². The fraction of sp³-hybridized carbons (Fsp3) is 0.455. The standard InChI is InChI=1S/C22H30N4O2.2ClH/c1-21(2)12-18(13-22(3,4)26(21)5)28-17-10-11-19(24-14-17)20(27)25-16-8-6-15(23)7-9-16;;/h6-11,14,18H,12-13,23H2,1-5H3,(H,25,27);2*1H. The second-order valence-corrected chi connectivity index (χ2v) is 8.79. The first-order chi connectivity index (χ1) is 13.1. The van der Waals surface area contributed by atoms with Gasteiger partial charge in [0.2, 0.25) is 0 Å². The van der Waals surface area contributed by atoms with Crippen molar-refractivity contribution in [2.45, 2.75) is 57.7 Å². The number of nitrogens with two attached hydrogens (primary N) is 1. The van der Waals surface area contributed by atoms with Gasteiger partial charge < -0.3 is 15.8 Å². The zero-order valence-electron chi connectivity index (χ0n) is 18.1. The van der Waals surface area contributed by atoms with Crippen LogP contribution in [0.4, 0.5) is 11.4 Å². The number of benzene rings is 1. The van der Waals surface area contributed by atoms with Gasteiger partial charge in [-0.2, -0.15) is 0 Å². The van der Waals surface area contributed by atoms with Crippen LogP contribution in [-0.4, -0.2) is 40.0 Å². The third-order valence-corrected chi connectivity index (χ3v) is 5.71. The van der Waals surface area contributed by atoms with E-state index in [0.29, 0.717) is 22.8 Å². The molecular formula is C22H32Cl2N4O2. The van der Waals surface area contributed by atoms with E-state index in [1.807, 2.05) is 6.07 Å². The third kappa shape index (κ3) is 6.00. The number of pyridine rings is 1. The molecule has 2 heterocycles. The maximum absolute atomic E-state index is 12.4. The van der Waals surface area contributed by atoms with Gasteiger partial charge in [0.15, 0.2) is 0 Å². The number of piperidine rings is 1. The quantitative estimate of drug-likeness (QED) is 0.648. The molecule has 1 saturated heterocycles. The highest BCUT2D eigenvalue weighted by Gasteiger charge is 2.43. The van der Waals surface area contributed by atoms with Crippen LogP contribution in [0.15, 0.2) is 42.6 Å². The summed E-state index contributed by atoms with van der Waals surface area (Å²) in [5.74, 6) is 0.420. The number of nitrogen functional groups attached to an aromatic ring is 1. The summed E-state index contributed by atoms with van der Waals surface area (Å²) in [6.45, 7) is 8.97. The van der Waals surface area contributed by atoms with E-state index in [9.17, 15) is 4.79 Å². The molecule has 1 aromatic heterocycles. The summed E-state index contributed by atoms with van der Waals surface area (Å²) in [5.41, 5.74) is 7.44. The van der Waals surface area contributed by atoms with Gasteiger partial charge in [0.1, 0.15) is 17.5 Å². The summed E-state index contributed by atoms with van der Waals surface area (Å²) < 4.78 is 6.21. The molecule has 1 fully saturated rings. The van der Waals surface area contributed by atoms with Crippen LogP contribution in [0.1, 0.15) is 51.0 Å². The number of anilines is 2. The van der Waals surface area contributed by atoms with Crippen LogP contribution in [0.5, 0.6) is 5.75 Å². The number of nitrogens with one attached hydrogen (secondary N) is 1. The van der Waals surface area contributed by atoms with E-state index >= 15 is 0 Å². The minimum absolute atomic E-state index is 0. The molecule has 1 aliphatic rings. The molecule has 1 aliphatic heterocycles. The molecule has 0 saturated carbocycles. The molecule has 1 amide bonds. The second-order valence-electron chi connectivity index (χ2n) is 8.79. The molecule has 6 nitrogen and oxygen atoms in total. The fourth-order valence-corrected chi connectivity index (χ4v) is 3.90. The molecule has 0 spiro atoms. The lowest BCUT2D eigenvalue weighted by Gasteiger charge is -2.53. The maximum Gasteiger partial charge on any atom is 0.274 e. The Labute approximate surface area is 191 Å². The average Bonchev–Trinajstić information content (AvgIpc) is 2.62. The number of halogens is 2. The van der Waals surface area contributed by atoms with Gasteiger partial charge in [0.05, 0.1) is 6.20 Å². The minimum Gasteiger partial charge on any atom is -0.489 e. The number of likely N-dealkylation sites (tertiary alicyclic amines) is 1. The normalized spacial score (nSPS) is 17.9. The van der Waals surface area contributed by atoms with Gasteiger partial charge in [-0.1, -0.05) is 0 Å². The molecule has 166 valence electrons. The van der Waals surface area contributed by atoms with E-state index in [-0.39, 0.29) is 47.9 Å². The van der Waals surface area contributed by atoms with Gasteiger partial charge in [-0.3, -0.25) is 9.69 Å². The molecule has 0 radical (unpaired) electrons. The van der Waals surface area contributed by atoms with E-state index < -0.39 is 0 Å². The highest BCUT2D eigenvalue weighted by molar-refractivity contribution is 6.02. The predicted octanol–water partition coefficient (Wildman–Crippen LogP) is 4.79. The summed E-state index contributed by atoms with van der Waals surface area (Å²) in [6.07, 6.45) is 3.60. The SMILES string of the molecule is CN1C(C)(C)CC(Oc2ccc(C(=O)Nc3ccc(N)cc3)nc2)CC1(C)C.Cl.Cl. The Morgan fingerprint density at radius 3 is 2.13 bits per heavy atom. The van der Waals surface area contributed by atoms with Crippen LogP contribution in [0.3, 0.4) is 0 Å². The van der Waals surface area contributed by atoms with Crippen molar-refractivity contribution >= 4 is 42.1 Å². The predicted molar refractivity (Wildman–Crippen MR) is 127 cm³/mol. The van der Waals surface area contributed by atoms with Crippen molar-refractivity contribution in [3.05, 3.63) is 48.3 Å². The topological polar surface area (TPSA) is 80.5 Å². The molecule has 0 atom stereocenters. The first-order valence-electron chi connectivity index (χ1n) is 9.60. The zero-order chi connectivity index (χ0) is 20.5. The van der Waals surface area contributed by atoms with E-state index in [0.717, 1.165) is 12.8 Å². The number of nitrogens with zero attached hydrogens (tertiary/aromatic N) is 2. The van der Waals surface area contributed by atoms with E-state index in [1.165, 1.54) is 0 Å². The van der Waals surface area contributed by atoms with Gasteiger partial charge in [-0.25, -0.2) is 4.98 Å². The first kappa shape index (κ1) is 26.0. The molecule has 0 unspecified atom stereocenters. The molecule has 30 heavy (non-hydrogen) atoms. The summed E-state index contributed by atoms with van der Waals surface area (Å²) in [5, 5.41) is 2.81. The number of hydrogen-bond acceptors (Lipinski definition) is 5. The van der Waals surface area contributed by atoms with E-state index in [1.54, 1.807) is 36.5 Å². The number of hydrogen-bond donors (Lipinski definition) is 2. The highest BCUT2D eigenvalue weighted by atomic mass is 35.5. The lowest BCUT2D eigenvalue weighted by Crippen LogP contribution is -2.60. The van der Waals surface area contributed by atoms with Crippen LogP contribution in [0.2, 0.25) is 0 Å². The van der Waals surface area contributed by atoms with E-state index in [4.69, 9.17) is 10.5 Å². The Kier molecular flexibility index (Phi) is 8.55. The van der Waals surface area contributed by atoms with Crippen LogP contribution in [-0.2, 0) is 0 Å². The molecular weight excluding hydrogens is 423 g/mol. The van der Waals surface area contributed by atoms with Crippen molar-refractivity contribution in [1.29, 1.82) is 0 Å². The lowest BCUT2D eigenvalue weighted by atomic mass is 9.79. The lowest BCUT2D eigenvalue weighted by molar-refractivity contribution is -0.0557. The van der Waals surface area contributed by atoms with E-state index in [2.05, 4.69) is 49.9 Å². The largest absolute Gasteiger partial charge is 0.489 e. The molecule has 0 bridgehead atoms. The van der Waals surface area contributed by atoms with Crippen LogP contribution in [0, 0.1) is 0 Å². The van der Waals surface area contributed by atoms with Crippen molar-refractivity contribution in [3.8, 4) is 5.75 Å². The molecule has 3 N–H and O–H groups in total. The number of ether oxygens (including phenoxy) is 1. The first-order valence-corrected chi connectivity index (χ1v) is 9.60. The highest BCUT2D eigenvalue weighted by Crippen LogP contribution is 2.38. The fourth-order valence-electron chi connectivity index (χ4n) is 3.90. The molecule has 2 aromatic rings. The molecule has 3 rings (SSSR count). The number of aromatic nitrogens is 1. The summed E-state index contributed by atoms with van der Waals surface area (Å²) in [4.78, 5) is 19.0. The number of carbonyl (C=O) groups excluding carboxylic acids is 1. The second kappa shape index (κ2) is 9.86. The Morgan fingerprint density at radius 1 is 1.07 bits per heavy atom. The van der Waals surface area contributed by atoms with Gasteiger partial charge >= 0.3 is 0 Å². The monoisotopic (exact) mass is 454 g/mol. The van der Waals surface area contributed by atoms with Crippen molar-refractivity contribution in [1.82, 2.24) is 9.88 Å². The smallest absolute Gasteiger partial charge is 0.274 e. The van der Waals surface area contributed by atoms with Gasteiger partial charge in [-0.05, 0) is 71.1 Å². The van der Waals surface area contributed by atoms with Crippen LogP contribution in [0.25, 0.3) is 0 Å². The number of amides is 1. The van der Waals surface area contributed by atoms with Crippen molar-refractivity contribution in [2.24, 2.45) is 0 Å². The van der Waals surface area contributed by atoms with Crippen LogP contribution < -0.4 is 15.8 Å². The molecule has 0 aliphatic carbocycles.